The van der Waals surface area contributed by atoms with Crippen LogP contribution in [0.5, 0.6) is 5.75 Å². The zero-order valence-corrected chi connectivity index (χ0v) is 16.4. The van der Waals surface area contributed by atoms with Crippen LogP contribution in [-0.2, 0) is 11.2 Å². The van der Waals surface area contributed by atoms with Crippen LogP contribution in [0.4, 0.5) is 8.78 Å². The monoisotopic (exact) mass is 390 g/mol. The van der Waals surface area contributed by atoms with Gasteiger partial charge in [0.25, 0.3) is 12.3 Å². The van der Waals surface area contributed by atoms with Gasteiger partial charge in [0, 0.05) is 23.4 Å². The van der Waals surface area contributed by atoms with Crippen molar-refractivity contribution in [3.05, 3.63) is 58.4 Å². The van der Waals surface area contributed by atoms with Gasteiger partial charge in [0.15, 0.2) is 0 Å². The van der Waals surface area contributed by atoms with E-state index in [1.807, 2.05) is 6.92 Å². The summed E-state index contributed by atoms with van der Waals surface area (Å²) in [6.07, 6.45) is -2.36. The molecular weight excluding hydrogens is 366 g/mol. The predicted octanol–water partition coefficient (Wildman–Crippen LogP) is 3.96. The molecule has 0 aliphatic carbocycles. The molecule has 0 radical (unpaired) electrons. The predicted molar refractivity (Wildman–Crippen MR) is 102 cm³/mol. The number of ketones is 1. The Hall–Kier alpha value is -2.83. The van der Waals surface area contributed by atoms with Crippen molar-refractivity contribution in [1.82, 2.24) is 10.3 Å². The van der Waals surface area contributed by atoms with E-state index in [4.69, 9.17) is 4.74 Å². The second-order valence-electron chi connectivity index (χ2n) is 6.79. The minimum absolute atomic E-state index is 0.0255. The number of carbonyl (C=O) groups excluding carboxylic acids is 2. The van der Waals surface area contributed by atoms with Crippen LogP contribution in [0.2, 0.25) is 0 Å². The molecule has 0 fully saturated rings. The van der Waals surface area contributed by atoms with E-state index >= 15 is 0 Å². The number of rotatable bonds is 8. The average molecular weight is 390 g/mol. The van der Waals surface area contributed by atoms with Crippen molar-refractivity contribution < 1.29 is 23.1 Å². The smallest absolute Gasteiger partial charge is 0.272 e. The van der Waals surface area contributed by atoms with Gasteiger partial charge in [-0.1, -0.05) is 12.1 Å². The second kappa shape index (κ2) is 9.39. The highest BCUT2D eigenvalue weighted by molar-refractivity contribution is 5.94. The minimum atomic E-state index is -2.53. The van der Waals surface area contributed by atoms with Gasteiger partial charge in [-0.05, 0) is 57.0 Å². The number of amides is 1. The molecule has 0 bridgehead atoms. The summed E-state index contributed by atoms with van der Waals surface area (Å²) in [4.78, 5) is 28.2. The molecule has 0 aliphatic rings. The van der Waals surface area contributed by atoms with Gasteiger partial charge in [-0.25, -0.2) is 8.78 Å². The summed E-state index contributed by atoms with van der Waals surface area (Å²) < 4.78 is 29.7. The minimum Gasteiger partial charge on any atom is -0.487 e. The second-order valence-corrected chi connectivity index (χ2v) is 6.79. The lowest BCUT2D eigenvalue weighted by atomic mass is 10.0. The zero-order valence-electron chi connectivity index (χ0n) is 16.4. The lowest BCUT2D eigenvalue weighted by Gasteiger charge is -2.17. The molecule has 2 rings (SSSR count). The van der Waals surface area contributed by atoms with E-state index in [0.717, 1.165) is 5.56 Å². The van der Waals surface area contributed by atoms with E-state index in [9.17, 15) is 18.4 Å². The zero-order chi connectivity index (χ0) is 20.8. The van der Waals surface area contributed by atoms with E-state index < -0.39 is 13.0 Å². The van der Waals surface area contributed by atoms with E-state index in [1.165, 1.54) is 6.92 Å². The number of aromatic nitrogens is 1. The summed E-state index contributed by atoms with van der Waals surface area (Å²) in [5, 5.41) is 2.90. The van der Waals surface area contributed by atoms with Crippen molar-refractivity contribution in [3.63, 3.8) is 0 Å². The maximum absolute atomic E-state index is 12.6. The van der Waals surface area contributed by atoms with Crippen LogP contribution in [0.25, 0.3) is 0 Å². The van der Waals surface area contributed by atoms with Gasteiger partial charge in [0.1, 0.15) is 18.1 Å². The molecule has 0 spiro atoms. The van der Waals surface area contributed by atoms with Gasteiger partial charge in [0.05, 0.1) is 6.04 Å². The Labute approximate surface area is 163 Å². The highest BCUT2D eigenvalue weighted by Crippen LogP contribution is 2.23. The van der Waals surface area contributed by atoms with Crippen LogP contribution in [0.3, 0.4) is 0 Å². The number of nitrogens with zero attached hydrogens (tertiary/aromatic N) is 1. The molecule has 5 nitrogen and oxygen atoms in total. The molecule has 0 saturated heterocycles. The van der Waals surface area contributed by atoms with Crippen LogP contribution >= 0.6 is 0 Å². The Morgan fingerprint density at radius 1 is 1.18 bits per heavy atom. The number of aryl methyl sites for hydroxylation is 2. The van der Waals surface area contributed by atoms with Gasteiger partial charge >= 0.3 is 0 Å². The summed E-state index contributed by atoms with van der Waals surface area (Å²) in [7, 11) is 0. The lowest BCUT2D eigenvalue weighted by Crippen LogP contribution is -2.27. The van der Waals surface area contributed by atoms with Crippen molar-refractivity contribution in [2.75, 3.05) is 6.61 Å². The molecule has 150 valence electrons. The van der Waals surface area contributed by atoms with Gasteiger partial charge in [-0.3, -0.25) is 14.6 Å². The maximum Gasteiger partial charge on any atom is 0.272 e. The van der Waals surface area contributed by atoms with Gasteiger partial charge in [-0.2, -0.15) is 0 Å². The number of Topliss-reactive ketones (excluding diaryl/α,β-unsaturated/α-hetero) is 1. The average Bonchev–Trinajstić information content (AvgIpc) is 2.59. The van der Waals surface area contributed by atoms with E-state index in [0.29, 0.717) is 28.3 Å². The third-order valence-electron chi connectivity index (χ3n) is 4.11. The molecule has 0 saturated carbocycles. The molecule has 1 aromatic heterocycles. The Morgan fingerprint density at radius 2 is 1.89 bits per heavy atom. The number of hydrogen-bond acceptors (Lipinski definition) is 4. The molecule has 28 heavy (non-hydrogen) atoms. The van der Waals surface area contributed by atoms with Crippen LogP contribution in [-0.4, -0.2) is 29.7 Å². The molecule has 7 heteroatoms. The maximum atomic E-state index is 12.6. The number of halogens is 2. The van der Waals surface area contributed by atoms with Crippen LogP contribution in [0.15, 0.2) is 30.3 Å². The Morgan fingerprint density at radius 3 is 2.50 bits per heavy atom. The van der Waals surface area contributed by atoms with Gasteiger partial charge in [0.2, 0.25) is 0 Å². The molecule has 1 heterocycles. The third-order valence-corrected chi connectivity index (χ3v) is 4.11. The largest absolute Gasteiger partial charge is 0.487 e. The molecule has 1 atom stereocenters. The fourth-order valence-electron chi connectivity index (χ4n) is 2.83. The molecule has 1 unspecified atom stereocenters. The molecule has 1 amide bonds. The summed E-state index contributed by atoms with van der Waals surface area (Å²) in [5.41, 5.74) is 3.19. The molecule has 1 aromatic carbocycles. The lowest BCUT2D eigenvalue weighted by molar-refractivity contribution is -0.116. The number of pyridine rings is 1. The number of ether oxygens (including phenoxy) is 1. The van der Waals surface area contributed by atoms with Crippen LogP contribution < -0.4 is 10.1 Å². The quantitative estimate of drug-likeness (QED) is 0.741. The number of nitrogens with one attached hydrogen (secondary N) is 1. The first-order chi connectivity index (χ1) is 13.2. The number of alkyl halides is 2. The summed E-state index contributed by atoms with van der Waals surface area (Å²) in [6.45, 7) is 6.18. The first-order valence-electron chi connectivity index (χ1n) is 8.95. The Kier molecular flexibility index (Phi) is 7.20. The van der Waals surface area contributed by atoms with Crippen molar-refractivity contribution in [2.24, 2.45) is 0 Å². The Balaban J connectivity index is 2.11. The highest BCUT2D eigenvalue weighted by atomic mass is 19.3. The number of hydrogen-bond donors (Lipinski definition) is 1. The van der Waals surface area contributed by atoms with E-state index in [2.05, 4.69) is 10.3 Å². The number of carbonyl (C=O) groups is 2. The van der Waals surface area contributed by atoms with Crippen molar-refractivity contribution in [2.45, 2.75) is 46.6 Å². The van der Waals surface area contributed by atoms with Crippen LogP contribution in [0.1, 0.15) is 52.8 Å². The van der Waals surface area contributed by atoms with Crippen molar-refractivity contribution in [3.8, 4) is 5.75 Å². The van der Waals surface area contributed by atoms with Gasteiger partial charge < -0.3 is 10.1 Å². The van der Waals surface area contributed by atoms with Gasteiger partial charge in [-0.15, -0.1) is 0 Å². The summed E-state index contributed by atoms with van der Waals surface area (Å²) >= 11 is 0. The molecule has 2 aromatic rings. The van der Waals surface area contributed by atoms with E-state index in [1.54, 1.807) is 44.2 Å². The normalized spacial score (nSPS) is 12.0. The topological polar surface area (TPSA) is 68.3 Å². The van der Waals surface area contributed by atoms with Crippen LogP contribution in [0, 0.1) is 13.8 Å². The Bertz CT molecular complexity index is 869. The van der Waals surface area contributed by atoms with Crippen molar-refractivity contribution >= 4 is 11.7 Å². The summed E-state index contributed by atoms with van der Waals surface area (Å²) in [5.74, 6) is 0.0853. The third kappa shape index (κ3) is 6.11. The number of benzene rings is 1. The SMILES string of the molecule is CC(=O)Cc1cc(C(=O)NC(C)c2ccc(OCC(F)F)c(C)c2)cc(C)n1. The standard InChI is InChI=1S/C21H24F2N2O3/c1-12-7-16(5-6-19(12)28-11-20(22)23)15(4)25-21(27)17-8-13(2)24-18(10-17)9-14(3)26/h5-8,10,15,20H,9,11H2,1-4H3,(H,25,27). The molecular formula is C21H24F2N2O3. The first kappa shape index (κ1) is 21.5. The fraction of sp³-hybridized carbons (Fsp3) is 0.381. The highest BCUT2D eigenvalue weighted by Gasteiger charge is 2.15. The molecule has 1 N–H and O–H groups in total. The van der Waals surface area contributed by atoms with Crippen molar-refractivity contribution in [1.29, 1.82) is 0 Å². The van der Waals surface area contributed by atoms with E-state index in [-0.39, 0.29) is 24.2 Å². The molecule has 0 aliphatic heterocycles. The fourth-order valence-corrected chi connectivity index (χ4v) is 2.83. The first-order valence-corrected chi connectivity index (χ1v) is 8.95. The summed E-state index contributed by atoms with van der Waals surface area (Å²) in [6, 6.07) is 8.13.